The Morgan fingerprint density at radius 1 is 1.15 bits per heavy atom. The van der Waals surface area contributed by atoms with Gasteiger partial charge in [-0.25, -0.2) is 0 Å². The predicted molar refractivity (Wildman–Crippen MR) is 84.9 cm³/mol. The Balaban J connectivity index is 2.32. The Labute approximate surface area is 120 Å². The van der Waals surface area contributed by atoms with Crippen molar-refractivity contribution in [2.24, 2.45) is 0 Å². The van der Waals surface area contributed by atoms with Gasteiger partial charge >= 0.3 is 0 Å². The molecule has 104 valence electrons. The van der Waals surface area contributed by atoms with E-state index in [1.807, 2.05) is 6.92 Å². The second-order valence-corrected chi connectivity index (χ2v) is 4.78. The molecule has 2 aromatic carbocycles. The van der Waals surface area contributed by atoms with E-state index in [0.29, 0.717) is 6.54 Å². The highest BCUT2D eigenvalue weighted by Crippen LogP contribution is 2.26. The maximum Gasteiger partial charge on any atom is 0.113 e. The van der Waals surface area contributed by atoms with E-state index in [0.717, 1.165) is 13.1 Å². The average molecular weight is 267 g/mol. The van der Waals surface area contributed by atoms with Crippen molar-refractivity contribution in [1.82, 2.24) is 5.32 Å². The van der Waals surface area contributed by atoms with Crippen LogP contribution in [0.4, 0.5) is 5.69 Å². The lowest BCUT2D eigenvalue weighted by Gasteiger charge is -2.27. The van der Waals surface area contributed by atoms with E-state index < -0.39 is 0 Å². The van der Waals surface area contributed by atoms with Gasteiger partial charge < -0.3 is 10.2 Å². The van der Waals surface area contributed by atoms with E-state index in [1.165, 1.54) is 16.5 Å². The minimum atomic E-state index is -0.140. The van der Waals surface area contributed by atoms with Crippen LogP contribution in [0.3, 0.4) is 0 Å². The zero-order valence-electron chi connectivity index (χ0n) is 12.1. The first-order valence-electron chi connectivity index (χ1n) is 7.15. The molecule has 0 bridgehead atoms. The van der Waals surface area contributed by atoms with Gasteiger partial charge in [-0.15, -0.1) is 0 Å². The van der Waals surface area contributed by atoms with E-state index in [2.05, 4.69) is 65.7 Å². The molecular weight excluding hydrogens is 246 g/mol. The molecule has 3 nitrogen and oxygen atoms in total. The number of nitriles is 1. The average Bonchev–Trinajstić information content (AvgIpc) is 2.51. The van der Waals surface area contributed by atoms with Gasteiger partial charge in [-0.2, -0.15) is 5.26 Å². The molecule has 0 aliphatic carbocycles. The number of nitrogens with zero attached hydrogens (tertiary/aromatic N) is 2. The molecule has 0 amide bonds. The van der Waals surface area contributed by atoms with Crippen LogP contribution >= 0.6 is 0 Å². The first-order chi connectivity index (χ1) is 9.80. The second-order valence-electron chi connectivity index (χ2n) is 4.78. The molecule has 1 atom stereocenters. The lowest BCUT2D eigenvalue weighted by Crippen LogP contribution is -2.40. The van der Waals surface area contributed by atoms with E-state index in [1.54, 1.807) is 0 Å². The molecule has 0 aliphatic rings. The van der Waals surface area contributed by atoms with Crippen molar-refractivity contribution in [3.8, 4) is 6.07 Å². The summed E-state index contributed by atoms with van der Waals surface area (Å²) in [6, 6.07) is 16.9. The molecule has 0 aromatic heterocycles. The first kappa shape index (κ1) is 14.4. The molecule has 0 fully saturated rings. The summed E-state index contributed by atoms with van der Waals surface area (Å²) >= 11 is 0. The Hall–Kier alpha value is -2.05. The topological polar surface area (TPSA) is 39.1 Å². The third kappa shape index (κ3) is 3.09. The lowest BCUT2D eigenvalue weighted by atomic mass is 10.1. The van der Waals surface area contributed by atoms with Gasteiger partial charge in [-0.1, -0.05) is 43.3 Å². The minimum absolute atomic E-state index is 0.140. The SMILES string of the molecule is CCNC(C#N)CN(CC)c1cccc2ccccc12. The number of hydrogen-bond donors (Lipinski definition) is 1. The van der Waals surface area contributed by atoms with E-state index >= 15 is 0 Å². The van der Waals surface area contributed by atoms with Crippen LogP contribution in [0.1, 0.15) is 13.8 Å². The number of rotatable bonds is 6. The number of fused-ring (bicyclic) bond motifs is 1. The highest BCUT2D eigenvalue weighted by molar-refractivity contribution is 5.94. The Morgan fingerprint density at radius 3 is 2.60 bits per heavy atom. The van der Waals surface area contributed by atoms with Crippen LogP contribution in [0.15, 0.2) is 42.5 Å². The van der Waals surface area contributed by atoms with Crippen LogP contribution in [-0.4, -0.2) is 25.7 Å². The summed E-state index contributed by atoms with van der Waals surface area (Å²) in [5.74, 6) is 0. The number of hydrogen-bond acceptors (Lipinski definition) is 3. The van der Waals surface area contributed by atoms with Crippen LogP contribution < -0.4 is 10.2 Å². The minimum Gasteiger partial charge on any atom is -0.369 e. The number of likely N-dealkylation sites (N-methyl/N-ethyl adjacent to an activating group) is 2. The summed E-state index contributed by atoms with van der Waals surface area (Å²) in [4.78, 5) is 2.26. The van der Waals surface area contributed by atoms with Crippen molar-refractivity contribution in [1.29, 1.82) is 5.26 Å². The molecule has 0 aliphatic heterocycles. The van der Waals surface area contributed by atoms with Crippen molar-refractivity contribution in [3.05, 3.63) is 42.5 Å². The van der Waals surface area contributed by atoms with Crippen LogP contribution in [0.5, 0.6) is 0 Å². The summed E-state index contributed by atoms with van der Waals surface area (Å²) in [5, 5.41) is 14.9. The summed E-state index contributed by atoms with van der Waals surface area (Å²) in [6.45, 7) is 6.55. The van der Waals surface area contributed by atoms with Gasteiger partial charge in [-0.3, -0.25) is 0 Å². The molecule has 0 spiro atoms. The Kier molecular flexibility index (Phi) is 4.97. The van der Waals surface area contributed by atoms with Gasteiger partial charge in [0.2, 0.25) is 0 Å². The molecule has 1 N–H and O–H groups in total. The maximum absolute atomic E-state index is 9.22. The van der Waals surface area contributed by atoms with Gasteiger partial charge in [0.15, 0.2) is 0 Å². The monoisotopic (exact) mass is 267 g/mol. The van der Waals surface area contributed by atoms with Gasteiger partial charge in [0, 0.05) is 24.2 Å². The largest absolute Gasteiger partial charge is 0.369 e. The zero-order valence-corrected chi connectivity index (χ0v) is 12.1. The summed E-state index contributed by atoms with van der Waals surface area (Å²) < 4.78 is 0. The van der Waals surface area contributed by atoms with E-state index in [9.17, 15) is 5.26 Å². The molecule has 20 heavy (non-hydrogen) atoms. The third-order valence-electron chi connectivity index (χ3n) is 3.50. The van der Waals surface area contributed by atoms with Crippen molar-refractivity contribution in [2.75, 3.05) is 24.5 Å². The smallest absolute Gasteiger partial charge is 0.113 e. The van der Waals surface area contributed by atoms with Gasteiger partial charge in [0.1, 0.15) is 6.04 Å². The summed E-state index contributed by atoms with van der Waals surface area (Å²) in [5.41, 5.74) is 1.20. The van der Waals surface area contributed by atoms with Crippen molar-refractivity contribution < 1.29 is 0 Å². The molecule has 1 unspecified atom stereocenters. The standard InChI is InChI=1S/C17H21N3/c1-3-19-15(12-18)13-20(4-2)17-11-7-9-14-8-5-6-10-16(14)17/h5-11,15,19H,3-4,13H2,1-2H3. The first-order valence-corrected chi connectivity index (χ1v) is 7.15. The molecular formula is C17H21N3. The number of nitrogens with one attached hydrogen (secondary N) is 1. The number of benzene rings is 2. The fourth-order valence-electron chi connectivity index (χ4n) is 2.50. The van der Waals surface area contributed by atoms with Crippen molar-refractivity contribution in [3.63, 3.8) is 0 Å². The zero-order chi connectivity index (χ0) is 14.4. The van der Waals surface area contributed by atoms with Gasteiger partial charge in [0.25, 0.3) is 0 Å². The van der Waals surface area contributed by atoms with Gasteiger partial charge in [-0.05, 0) is 24.9 Å². The van der Waals surface area contributed by atoms with Crippen LogP contribution in [-0.2, 0) is 0 Å². The molecule has 3 heteroatoms. The van der Waals surface area contributed by atoms with Crippen LogP contribution in [0.25, 0.3) is 10.8 Å². The third-order valence-corrected chi connectivity index (χ3v) is 3.50. The molecule has 2 rings (SSSR count). The lowest BCUT2D eigenvalue weighted by molar-refractivity contribution is 0.607. The van der Waals surface area contributed by atoms with Crippen molar-refractivity contribution >= 4 is 16.5 Å². The normalized spacial score (nSPS) is 12.1. The van der Waals surface area contributed by atoms with Gasteiger partial charge in [0.05, 0.1) is 6.07 Å². The predicted octanol–water partition coefficient (Wildman–Crippen LogP) is 3.17. The fourth-order valence-corrected chi connectivity index (χ4v) is 2.50. The molecule has 0 radical (unpaired) electrons. The van der Waals surface area contributed by atoms with Crippen LogP contribution in [0, 0.1) is 11.3 Å². The van der Waals surface area contributed by atoms with Crippen LogP contribution in [0.2, 0.25) is 0 Å². The Bertz CT molecular complexity index is 595. The quantitative estimate of drug-likeness (QED) is 0.873. The highest BCUT2D eigenvalue weighted by Gasteiger charge is 2.13. The maximum atomic E-state index is 9.22. The Morgan fingerprint density at radius 2 is 1.90 bits per heavy atom. The second kappa shape index (κ2) is 6.93. The number of anilines is 1. The molecule has 0 saturated carbocycles. The fraction of sp³-hybridized carbons (Fsp3) is 0.353. The summed E-state index contributed by atoms with van der Waals surface area (Å²) in [7, 11) is 0. The highest BCUT2D eigenvalue weighted by atomic mass is 15.1. The molecule has 0 saturated heterocycles. The van der Waals surface area contributed by atoms with Crippen molar-refractivity contribution in [2.45, 2.75) is 19.9 Å². The summed E-state index contributed by atoms with van der Waals surface area (Å²) in [6.07, 6.45) is 0. The van der Waals surface area contributed by atoms with E-state index in [4.69, 9.17) is 0 Å². The molecule has 2 aromatic rings. The molecule has 0 heterocycles. The van der Waals surface area contributed by atoms with E-state index in [-0.39, 0.29) is 6.04 Å².